The van der Waals surface area contributed by atoms with E-state index in [4.69, 9.17) is 14.2 Å². The molecule has 0 saturated carbocycles. The van der Waals surface area contributed by atoms with E-state index >= 15 is 0 Å². The zero-order chi connectivity index (χ0) is 18.9. The van der Waals surface area contributed by atoms with Gasteiger partial charge in [0, 0.05) is 11.8 Å². The van der Waals surface area contributed by atoms with Crippen molar-refractivity contribution in [3.63, 3.8) is 0 Å². The Morgan fingerprint density at radius 1 is 0.963 bits per heavy atom. The van der Waals surface area contributed by atoms with Crippen molar-refractivity contribution >= 4 is 5.91 Å². The molecule has 1 aromatic heterocycles. The maximum atomic E-state index is 12.2. The lowest BCUT2D eigenvalue weighted by atomic mass is 10.2. The molecule has 0 aliphatic carbocycles. The van der Waals surface area contributed by atoms with Crippen LogP contribution < -0.4 is 19.5 Å². The van der Waals surface area contributed by atoms with E-state index < -0.39 is 0 Å². The average Bonchev–Trinajstić information content (AvgIpc) is 2.72. The zero-order valence-electron chi connectivity index (χ0n) is 14.9. The molecule has 6 nitrogen and oxygen atoms in total. The van der Waals surface area contributed by atoms with Gasteiger partial charge in [-0.3, -0.25) is 9.78 Å². The second kappa shape index (κ2) is 9.24. The standard InChI is InChI=1S/C21H20N2O4/c1-25-19-6-2-3-7-20(19)26-14-13-23-21(24)16-8-10-17(11-9-16)27-18-5-4-12-22-15-18/h2-12,15H,13-14H2,1H3,(H,23,24). The van der Waals surface area contributed by atoms with Gasteiger partial charge >= 0.3 is 0 Å². The first kappa shape index (κ1) is 18.3. The molecule has 0 atom stereocenters. The van der Waals surface area contributed by atoms with Crippen LogP contribution in [0.15, 0.2) is 73.1 Å². The van der Waals surface area contributed by atoms with E-state index in [0.717, 1.165) is 0 Å². The van der Waals surface area contributed by atoms with Gasteiger partial charge in [-0.2, -0.15) is 0 Å². The Bertz CT molecular complexity index is 867. The molecular weight excluding hydrogens is 344 g/mol. The molecule has 0 saturated heterocycles. The van der Waals surface area contributed by atoms with E-state index in [0.29, 0.717) is 41.7 Å². The Morgan fingerprint density at radius 2 is 1.74 bits per heavy atom. The number of carbonyl (C=O) groups is 1. The number of pyridine rings is 1. The molecule has 1 N–H and O–H groups in total. The van der Waals surface area contributed by atoms with Crippen molar-refractivity contribution in [2.24, 2.45) is 0 Å². The number of nitrogens with zero attached hydrogens (tertiary/aromatic N) is 1. The van der Waals surface area contributed by atoms with Crippen LogP contribution in [0.1, 0.15) is 10.4 Å². The summed E-state index contributed by atoms with van der Waals surface area (Å²) in [5.74, 6) is 2.41. The van der Waals surface area contributed by atoms with Crippen molar-refractivity contribution < 1.29 is 19.0 Å². The molecule has 1 heterocycles. The lowest BCUT2D eigenvalue weighted by Crippen LogP contribution is -2.28. The second-order valence-electron chi connectivity index (χ2n) is 5.57. The van der Waals surface area contributed by atoms with E-state index in [9.17, 15) is 4.79 Å². The first-order chi connectivity index (χ1) is 13.3. The maximum absolute atomic E-state index is 12.2. The van der Waals surface area contributed by atoms with E-state index in [-0.39, 0.29) is 5.91 Å². The minimum Gasteiger partial charge on any atom is -0.493 e. The third-order valence-electron chi connectivity index (χ3n) is 3.70. The highest BCUT2D eigenvalue weighted by molar-refractivity contribution is 5.94. The molecule has 0 aliphatic rings. The Kier molecular flexibility index (Phi) is 6.25. The number of benzene rings is 2. The van der Waals surface area contributed by atoms with Crippen molar-refractivity contribution in [3.05, 3.63) is 78.6 Å². The van der Waals surface area contributed by atoms with Crippen LogP contribution in [0.5, 0.6) is 23.0 Å². The summed E-state index contributed by atoms with van der Waals surface area (Å²) >= 11 is 0. The van der Waals surface area contributed by atoms with Crippen LogP contribution in [0.25, 0.3) is 0 Å². The first-order valence-corrected chi connectivity index (χ1v) is 8.48. The van der Waals surface area contributed by atoms with Crippen LogP contribution >= 0.6 is 0 Å². The molecule has 0 radical (unpaired) electrons. The topological polar surface area (TPSA) is 69.7 Å². The summed E-state index contributed by atoms with van der Waals surface area (Å²) in [6.07, 6.45) is 3.31. The van der Waals surface area contributed by atoms with Gasteiger partial charge in [0.1, 0.15) is 18.1 Å². The summed E-state index contributed by atoms with van der Waals surface area (Å²) < 4.78 is 16.5. The van der Waals surface area contributed by atoms with Gasteiger partial charge in [0.15, 0.2) is 11.5 Å². The predicted octanol–water partition coefficient (Wildman–Crippen LogP) is 3.69. The molecule has 3 rings (SSSR count). The highest BCUT2D eigenvalue weighted by Crippen LogP contribution is 2.25. The molecule has 0 unspecified atom stereocenters. The van der Waals surface area contributed by atoms with Crippen molar-refractivity contribution in [2.75, 3.05) is 20.3 Å². The molecule has 6 heteroatoms. The quantitative estimate of drug-likeness (QED) is 0.617. The van der Waals surface area contributed by atoms with Gasteiger partial charge in [-0.15, -0.1) is 0 Å². The number of ether oxygens (including phenoxy) is 3. The van der Waals surface area contributed by atoms with Crippen LogP contribution in [0.3, 0.4) is 0 Å². The monoisotopic (exact) mass is 364 g/mol. The van der Waals surface area contributed by atoms with Gasteiger partial charge in [-0.1, -0.05) is 12.1 Å². The molecule has 138 valence electrons. The number of carbonyl (C=O) groups excluding carboxylic acids is 1. The zero-order valence-corrected chi connectivity index (χ0v) is 14.9. The highest BCUT2D eigenvalue weighted by Gasteiger charge is 2.07. The van der Waals surface area contributed by atoms with Gasteiger partial charge in [-0.25, -0.2) is 0 Å². The van der Waals surface area contributed by atoms with Crippen molar-refractivity contribution in [3.8, 4) is 23.0 Å². The fourth-order valence-corrected chi connectivity index (χ4v) is 2.38. The van der Waals surface area contributed by atoms with Gasteiger partial charge in [0.25, 0.3) is 5.91 Å². The normalized spacial score (nSPS) is 10.1. The fourth-order valence-electron chi connectivity index (χ4n) is 2.38. The van der Waals surface area contributed by atoms with E-state index in [1.54, 1.807) is 49.8 Å². The third-order valence-corrected chi connectivity index (χ3v) is 3.70. The molecule has 27 heavy (non-hydrogen) atoms. The number of hydrogen-bond acceptors (Lipinski definition) is 5. The Morgan fingerprint density at radius 3 is 2.44 bits per heavy atom. The van der Waals surface area contributed by atoms with Gasteiger partial charge in [0.05, 0.1) is 19.9 Å². The minimum atomic E-state index is -0.174. The molecule has 3 aromatic rings. The number of amides is 1. The van der Waals surface area contributed by atoms with Crippen molar-refractivity contribution in [1.82, 2.24) is 10.3 Å². The number of hydrogen-bond donors (Lipinski definition) is 1. The summed E-state index contributed by atoms with van der Waals surface area (Å²) in [5, 5.41) is 2.82. The fraction of sp³-hybridized carbons (Fsp3) is 0.143. The van der Waals surface area contributed by atoms with Crippen LogP contribution in [0.2, 0.25) is 0 Å². The molecular formula is C21H20N2O4. The molecule has 1 amide bonds. The molecule has 0 bridgehead atoms. The second-order valence-corrected chi connectivity index (χ2v) is 5.57. The minimum absolute atomic E-state index is 0.174. The smallest absolute Gasteiger partial charge is 0.251 e. The van der Waals surface area contributed by atoms with Crippen molar-refractivity contribution in [2.45, 2.75) is 0 Å². The number of methoxy groups -OCH3 is 1. The van der Waals surface area contributed by atoms with Crippen LogP contribution in [-0.2, 0) is 0 Å². The SMILES string of the molecule is COc1ccccc1OCCNC(=O)c1ccc(Oc2cccnc2)cc1. The summed E-state index contributed by atoms with van der Waals surface area (Å²) in [6, 6.07) is 17.9. The summed E-state index contributed by atoms with van der Waals surface area (Å²) in [7, 11) is 1.59. The van der Waals surface area contributed by atoms with Gasteiger partial charge in [0.2, 0.25) is 0 Å². The first-order valence-electron chi connectivity index (χ1n) is 8.48. The van der Waals surface area contributed by atoms with E-state index in [1.807, 2.05) is 30.3 Å². The maximum Gasteiger partial charge on any atom is 0.251 e. The summed E-state index contributed by atoms with van der Waals surface area (Å²) in [6.45, 7) is 0.721. The van der Waals surface area contributed by atoms with Crippen molar-refractivity contribution in [1.29, 1.82) is 0 Å². The average molecular weight is 364 g/mol. The number of para-hydroxylation sites is 2. The summed E-state index contributed by atoms with van der Waals surface area (Å²) in [4.78, 5) is 16.2. The number of nitrogens with one attached hydrogen (secondary N) is 1. The van der Waals surface area contributed by atoms with Gasteiger partial charge in [-0.05, 0) is 48.5 Å². The number of aromatic nitrogens is 1. The largest absolute Gasteiger partial charge is 0.493 e. The highest BCUT2D eigenvalue weighted by atomic mass is 16.5. The number of rotatable bonds is 8. The lowest BCUT2D eigenvalue weighted by Gasteiger charge is -2.11. The molecule has 2 aromatic carbocycles. The Hall–Kier alpha value is -3.54. The van der Waals surface area contributed by atoms with Crippen LogP contribution in [0, 0.1) is 0 Å². The van der Waals surface area contributed by atoms with Crippen LogP contribution in [-0.4, -0.2) is 31.2 Å². The Balaban J connectivity index is 1.47. The van der Waals surface area contributed by atoms with E-state index in [1.165, 1.54) is 0 Å². The lowest BCUT2D eigenvalue weighted by molar-refractivity contribution is 0.0947. The summed E-state index contributed by atoms with van der Waals surface area (Å²) in [5.41, 5.74) is 0.547. The molecule has 0 fully saturated rings. The molecule has 0 aliphatic heterocycles. The van der Waals surface area contributed by atoms with E-state index in [2.05, 4.69) is 10.3 Å². The third kappa shape index (κ3) is 5.22. The Labute approximate surface area is 157 Å². The molecule has 0 spiro atoms. The van der Waals surface area contributed by atoms with Crippen LogP contribution in [0.4, 0.5) is 0 Å². The predicted molar refractivity (Wildman–Crippen MR) is 102 cm³/mol. The van der Waals surface area contributed by atoms with Gasteiger partial charge < -0.3 is 19.5 Å².